The lowest BCUT2D eigenvalue weighted by Gasteiger charge is -2.04. The summed E-state index contributed by atoms with van der Waals surface area (Å²) in [6, 6.07) is -0.119. The van der Waals surface area contributed by atoms with Gasteiger partial charge in [-0.1, -0.05) is 12.1 Å². The van der Waals surface area contributed by atoms with E-state index in [1.165, 1.54) is 0 Å². The molecule has 84 valence electrons. The lowest BCUT2D eigenvalue weighted by atomic mass is 10.2. The smallest absolute Gasteiger partial charge is 0.229 e. The highest BCUT2D eigenvalue weighted by atomic mass is 16.5. The Balaban J connectivity index is 1.94. The van der Waals surface area contributed by atoms with Crippen molar-refractivity contribution in [3.63, 3.8) is 0 Å². The van der Waals surface area contributed by atoms with E-state index in [1.807, 2.05) is 6.92 Å². The molecule has 0 saturated carbocycles. The highest BCUT2D eigenvalue weighted by Crippen LogP contribution is 2.17. The molecule has 0 amide bonds. The van der Waals surface area contributed by atoms with Crippen LogP contribution in [0.4, 0.5) is 0 Å². The van der Waals surface area contributed by atoms with E-state index < -0.39 is 0 Å². The van der Waals surface area contributed by atoms with Crippen molar-refractivity contribution in [3.8, 4) is 0 Å². The van der Waals surface area contributed by atoms with Gasteiger partial charge in [-0.2, -0.15) is 4.98 Å². The molecule has 2 rings (SSSR count). The number of nitrogens with two attached hydrogens (primary N) is 1. The van der Waals surface area contributed by atoms with Crippen molar-refractivity contribution in [2.75, 3.05) is 6.61 Å². The van der Waals surface area contributed by atoms with Crippen molar-refractivity contribution in [3.05, 3.63) is 11.7 Å². The minimum Gasteiger partial charge on any atom is -0.378 e. The fourth-order valence-electron chi connectivity index (χ4n) is 1.68. The quantitative estimate of drug-likeness (QED) is 0.810. The molecule has 15 heavy (non-hydrogen) atoms. The molecule has 2 heterocycles. The molecule has 0 bridgehead atoms. The van der Waals surface area contributed by atoms with Crippen molar-refractivity contribution < 1.29 is 9.26 Å². The summed E-state index contributed by atoms with van der Waals surface area (Å²) in [5.41, 5.74) is 5.80. The fourth-order valence-corrected chi connectivity index (χ4v) is 1.68. The van der Waals surface area contributed by atoms with Crippen LogP contribution in [0.3, 0.4) is 0 Å². The Hall–Kier alpha value is -0.940. The Kier molecular flexibility index (Phi) is 3.33. The van der Waals surface area contributed by atoms with Gasteiger partial charge < -0.3 is 15.0 Å². The zero-order valence-corrected chi connectivity index (χ0v) is 8.98. The third-order valence-corrected chi connectivity index (χ3v) is 2.68. The molecule has 1 aromatic rings. The van der Waals surface area contributed by atoms with Crippen molar-refractivity contribution in [1.29, 1.82) is 0 Å². The first kappa shape index (κ1) is 10.6. The van der Waals surface area contributed by atoms with Crippen LogP contribution in [-0.2, 0) is 11.2 Å². The van der Waals surface area contributed by atoms with Gasteiger partial charge >= 0.3 is 0 Å². The molecule has 5 heteroatoms. The summed E-state index contributed by atoms with van der Waals surface area (Å²) >= 11 is 0. The molecule has 1 aromatic heterocycles. The van der Waals surface area contributed by atoms with E-state index in [0.29, 0.717) is 18.1 Å². The van der Waals surface area contributed by atoms with Crippen molar-refractivity contribution >= 4 is 0 Å². The molecular formula is C10H17N3O2. The van der Waals surface area contributed by atoms with E-state index in [-0.39, 0.29) is 12.1 Å². The second-order valence-corrected chi connectivity index (χ2v) is 3.90. The molecule has 1 aliphatic heterocycles. The van der Waals surface area contributed by atoms with Gasteiger partial charge in [-0.25, -0.2) is 0 Å². The molecule has 1 saturated heterocycles. The van der Waals surface area contributed by atoms with Crippen LogP contribution in [0.1, 0.15) is 43.9 Å². The Morgan fingerprint density at radius 2 is 2.47 bits per heavy atom. The number of hydrogen-bond donors (Lipinski definition) is 1. The van der Waals surface area contributed by atoms with E-state index in [2.05, 4.69) is 10.1 Å². The van der Waals surface area contributed by atoms with Crippen LogP contribution >= 0.6 is 0 Å². The minimum absolute atomic E-state index is 0.119. The monoisotopic (exact) mass is 211 g/mol. The second kappa shape index (κ2) is 4.72. The second-order valence-electron chi connectivity index (χ2n) is 3.90. The summed E-state index contributed by atoms with van der Waals surface area (Å²) in [6.45, 7) is 2.85. The molecule has 2 N–H and O–H groups in total. The van der Waals surface area contributed by atoms with Crippen molar-refractivity contribution in [2.24, 2.45) is 5.73 Å². The van der Waals surface area contributed by atoms with Crippen molar-refractivity contribution in [1.82, 2.24) is 10.1 Å². The van der Waals surface area contributed by atoms with Crippen LogP contribution in [0.25, 0.3) is 0 Å². The molecule has 1 fully saturated rings. The van der Waals surface area contributed by atoms with E-state index >= 15 is 0 Å². The highest BCUT2D eigenvalue weighted by molar-refractivity contribution is 4.93. The molecule has 0 aliphatic carbocycles. The zero-order chi connectivity index (χ0) is 10.7. The van der Waals surface area contributed by atoms with E-state index in [0.717, 1.165) is 25.9 Å². The van der Waals surface area contributed by atoms with Gasteiger partial charge in [0.1, 0.15) is 0 Å². The first-order chi connectivity index (χ1) is 7.29. The summed E-state index contributed by atoms with van der Waals surface area (Å²) < 4.78 is 10.6. The van der Waals surface area contributed by atoms with Crippen LogP contribution in [0.2, 0.25) is 0 Å². The van der Waals surface area contributed by atoms with Gasteiger partial charge in [0.2, 0.25) is 5.89 Å². The van der Waals surface area contributed by atoms with Crippen LogP contribution in [-0.4, -0.2) is 22.9 Å². The SMILES string of the molecule is CCC(N)c1noc(CC2CCCO2)n1. The van der Waals surface area contributed by atoms with E-state index in [4.69, 9.17) is 15.0 Å². The third kappa shape index (κ3) is 2.54. The van der Waals surface area contributed by atoms with Crippen molar-refractivity contribution in [2.45, 2.75) is 44.8 Å². The van der Waals surface area contributed by atoms with Crippen LogP contribution in [0.5, 0.6) is 0 Å². The Bertz CT molecular complexity index is 307. The van der Waals surface area contributed by atoms with Gasteiger partial charge in [-0.05, 0) is 19.3 Å². The predicted molar refractivity (Wildman–Crippen MR) is 54.2 cm³/mol. The van der Waals surface area contributed by atoms with E-state index in [1.54, 1.807) is 0 Å². The average Bonchev–Trinajstić information content (AvgIpc) is 2.88. The fraction of sp³-hybridized carbons (Fsp3) is 0.800. The van der Waals surface area contributed by atoms with E-state index in [9.17, 15) is 0 Å². The number of aromatic nitrogens is 2. The standard InChI is InChI=1S/C10H17N3O2/c1-2-8(11)10-12-9(15-13-10)6-7-4-3-5-14-7/h7-8H,2-6,11H2,1H3. The van der Waals surface area contributed by atoms with Crippen LogP contribution in [0, 0.1) is 0 Å². The molecule has 1 aliphatic rings. The lowest BCUT2D eigenvalue weighted by molar-refractivity contribution is 0.104. The first-order valence-corrected chi connectivity index (χ1v) is 5.49. The minimum atomic E-state index is -0.119. The first-order valence-electron chi connectivity index (χ1n) is 5.49. The maximum Gasteiger partial charge on any atom is 0.229 e. The molecule has 2 unspecified atom stereocenters. The highest BCUT2D eigenvalue weighted by Gasteiger charge is 2.20. The molecule has 0 aromatic carbocycles. The van der Waals surface area contributed by atoms with Gasteiger partial charge in [0.05, 0.1) is 18.6 Å². The summed E-state index contributed by atoms with van der Waals surface area (Å²) in [4.78, 5) is 4.26. The summed E-state index contributed by atoms with van der Waals surface area (Å²) in [5, 5.41) is 3.86. The Labute approximate surface area is 89.0 Å². The normalized spacial score (nSPS) is 23.2. The molecule has 0 spiro atoms. The zero-order valence-electron chi connectivity index (χ0n) is 8.98. The third-order valence-electron chi connectivity index (χ3n) is 2.68. The maximum atomic E-state index is 5.80. The molecular weight excluding hydrogens is 194 g/mol. The summed E-state index contributed by atoms with van der Waals surface area (Å²) in [7, 11) is 0. The summed E-state index contributed by atoms with van der Waals surface area (Å²) in [6.07, 6.45) is 3.98. The maximum absolute atomic E-state index is 5.80. The molecule has 0 radical (unpaired) electrons. The lowest BCUT2D eigenvalue weighted by Crippen LogP contribution is -2.12. The Morgan fingerprint density at radius 1 is 1.60 bits per heavy atom. The van der Waals surface area contributed by atoms with Gasteiger partial charge in [-0.3, -0.25) is 0 Å². The molecule has 5 nitrogen and oxygen atoms in total. The van der Waals surface area contributed by atoms with Crippen LogP contribution < -0.4 is 5.73 Å². The summed E-state index contributed by atoms with van der Waals surface area (Å²) in [5.74, 6) is 1.24. The average molecular weight is 211 g/mol. The van der Waals surface area contributed by atoms with Gasteiger partial charge in [0.25, 0.3) is 0 Å². The number of hydrogen-bond acceptors (Lipinski definition) is 5. The largest absolute Gasteiger partial charge is 0.378 e. The van der Waals surface area contributed by atoms with Gasteiger partial charge in [0, 0.05) is 6.61 Å². The number of rotatable bonds is 4. The topological polar surface area (TPSA) is 74.2 Å². The predicted octanol–water partition coefficient (Wildman–Crippen LogP) is 1.20. The van der Waals surface area contributed by atoms with Crippen LogP contribution in [0.15, 0.2) is 4.52 Å². The van der Waals surface area contributed by atoms with Gasteiger partial charge in [-0.15, -0.1) is 0 Å². The molecule has 2 atom stereocenters. The number of ether oxygens (including phenoxy) is 1. The number of nitrogens with zero attached hydrogens (tertiary/aromatic N) is 2. The Morgan fingerprint density at radius 3 is 3.13 bits per heavy atom. The van der Waals surface area contributed by atoms with Gasteiger partial charge in [0.15, 0.2) is 5.82 Å².